The van der Waals surface area contributed by atoms with Crippen LogP contribution in [0.3, 0.4) is 0 Å². The highest BCUT2D eigenvalue weighted by Gasteiger charge is 2.36. The number of aryl methyl sites for hydroxylation is 1. The summed E-state index contributed by atoms with van der Waals surface area (Å²) in [5.41, 5.74) is -0.518. The first-order chi connectivity index (χ1) is 17.1. The average Bonchev–Trinajstić information content (AvgIpc) is 3.55. The maximum Gasteiger partial charge on any atom is 0.433 e. The zero-order valence-corrected chi connectivity index (χ0v) is 20.1. The van der Waals surface area contributed by atoms with Crippen molar-refractivity contribution in [3.8, 4) is 11.5 Å². The Bertz CT molecular complexity index is 1450. The number of fused-ring (bicyclic) bond motifs is 2. The van der Waals surface area contributed by atoms with E-state index in [0.717, 1.165) is 42.0 Å². The molecule has 4 aromatic rings. The van der Waals surface area contributed by atoms with Gasteiger partial charge >= 0.3 is 12.1 Å². The molecule has 0 spiro atoms. The van der Waals surface area contributed by atoms with E-state index in [4.69, 9.17) is 9.15 Å². The molecule has 5 rings (SSSR count). The van der Waals surface area contributed by atoms with E-state index in [9.17, 15) is 22.8 Å². The Morgan fingerprint density at radius 1 is 1.25 bits per heavy atom. The summed E-state index contributed by atoms with van der Waals surface area (Å²) in [4.78, 5) is 31.4. The Morgan fingerprint density at radius 2 is 2.03 bits per heavy atom. The number of thiophene rings is 1. The van der Waals surface area contributed by atoms with Crippen molar-refractivity contribution in [3.05, 3.63) is 57.9 Å². The number of carbonyl (C=O) groups is 2. The summed E-state index contributed by atoms with van der Waals surface area (Å²) in [7, 11) is 0. The van der Waals surface area contributed by atoms with Gasteiger partial charge in [0, 0.05) is 4.88 Å². The molecule has 1 N–H and O–H groups in total. The number of carbonyl (C=O) groups excluding carboxylic acids is 2. The van der Waals surface area contributed by atoms with Gasteiger partial charge in [0.1, 0.15) is 16.3 Å². The standard InChI is InChI=1S/C24H21F3N4O4S/c1-12(2)35-23(33)19-13-6-3-4-8-17(13)36-22(19)30-21(32)14-11-28-31-18(24(25,26)27)10-15(29-20(14)31)16-7-5-9-34-16/h5,7,9-12H,3-4,6,8H2,1-2H3,(H,30,32). The van der Waals surface area contributed by atoms with Crippen LogP contribution in [-0.2, 0) is 23.8 Å². The first-order valence-electron chi connectivity index (χ1n) is 11.3. The van der Waals surface area contributed by atoms with Crippen LogP contribution in [0.2, 0.25) is 0 Å². The highest BCUT2D eigenvalue weighted by atomic mass is 32.1. The lowest BCUT2D eigenvalue weighted by molar-refractivity contribution is -0.142. The fourth-order valence-electron chi connectivity index (χ4n) is 4.19. The minimum Gasteiger partial charge on any atom is -0.463 e. The molecule has 1 aliphatic carbocycles. The third-order valence-electron chi connectivity index (χ3n) is 5.73. The van der Waals surface area contributed by atoms with Crippen LogP contribution in [-0.4, -0.2) is 32.6 Å². The molecule has 0 saturated carbocycles. The lowest BCUT2D eigenvalue weighted by atomic mass is 9.95. The Labute approximate surface area is 207 Å². The van der Waals surface area contributed by atoms with Crippen LogP contribution in [0.25, 0.3) is 17.1 Å². The molecule has 188 valence electrons. The summed E-state index contributed by atoms with van der Waals surface area (Å²) >= 11 is 1.28. The van der Waals surface area contributed by atoms with E-state index in [1.54, 1.807) is 13.8 Å². The first-order valence-corrected chi connectivity index (χ1v) is 12.1. The smallest absolute Gasteiger partial charge is 0.433 e. The van der Waals surface area contributed by atoms with Crippen LogP contribution in [0.1, 0.15) is 63.5 Å². The Hall–Kier alpha value is -3.67. The van der Waals surface area contributed by atoms with E-state index in [0.29, 0.717) is 21.5 Å². The summed E-state index contributed by atoms with van der Waals surface area (Å²) in [5, 5.41) is 6.80. The number of halogens is 3. The number of furan rings is 1. The van der Waals surface area contributed by atoms with Crippen LogP contribution >= 0.6 is 11.3 Å². The number of amides is 1. The van der Waals surface area contributed by atoms with Gasteiger partial charge < -0.3 is 14.5 Å². The molecule has 0 saturated heterocycles. The largest absolute Gasteiger partial charge is 0.463 e. The third kappa shape index (κ3) is 4.36. The lowest BCUT2D eigenvalue weighted by Crippen LogP contribution is -2.18. The van der Waals surface area contributed by atoms with E-state index in [-0.39, 0.29) is 28.8 Å². The molecule has 0 aromatic carbocycles. The zero-order chi connectivity index (χ0) is 25.6. The second kappa shape index (κ2) is 9.08. The van der Waals surface area contributed by atoms with Gasteiger partial charge in [-0.25, -0.2) is 14.3 Å². The van der Waals surface area contributed by atoms with Crippen molar-refractivity contribution in [2.45, 2.75) is 51.8 Å². The molecule has 4 aromatic heterocycles. The molecule has 0 fully saturated rings. The summed E-state index contributed by atoms with van der Waals surface area (Å²) < 4.78 is 52.6. The molecule has 0 aliphatic heterocycles. The number of nitrogens with zero attached hydrogens (tertiary/aromatic N) is 3. The minimum absolute atomic E-state index is 0.0952. The van der Waals surface area contributed by atoms with Crippen LogP contribution < -0.4 is 5.32 Å². The van der Waals surface area contributed by atoms with Gasteiger partial charge in [-0.05, 0) is 63.3 Å². The maximum absolute atomic E-state index is 13.8. The number of hydrogen-bond acceptors (Lipinski definition) is 7. The number of nitrogens with one attached hydrogen (secondary N) is 1. The maximum atomic E-state index is 13.8. The number of ether oxygens (including phenoxy) is 1. The molecule has 0 bridgehead atoms. The number of hydrogen-bond donors (Lipinski definition) is 1. The Morgan fingerprint density at radius 3 is 2.72 bits per heavy atom. The molecule has 0 unspecified atom stereocenters. The van der Waals surface area contributed by atoms with Gasteiger partial charge in [-0.15, -0.1) is 11.3 Å². The number of esters is 1. The van der Waals surface area contributed by atoms with Crippen molar-refractivity contribution in [3.63, 3.8) is 0 Å². The number of alkyl halides is 3. The highest BCUT2D eigenvalue weighted by molar-refractivity contribution is 7.17. The van der Waals surface area contributed by atoms with Crippen molar-refractivity contribution >= 4 is 33.9 Å². The normalized spacial score (nSPS) is 13.7. The molecular formula is C24H21F3N4O4S. The van der Waals surface area contributed by atoms with Crippen molar-refractivity contribution < 1.29 is 31.9 Å². The predicted molar refractivity (Wildman–Crippen MR) is 125 cm³/mol. The lowest BCUT2D eigenvalue weighted by Gasteiger charge is -2.14. The fraction of sp³-hybridized carbons (Fsp3) is 0.333. The van der Waals surface area contributed by atoms with Crippen LogP contribution in [0.5, 0.6) is 0 Å². The van der Waals surface area contributed by atoms with E-state index < -0.39 is 23.7 Å². The Kier molecular flexibility index (Phi) is 6.07. The summed E-state index contributed by atoms with van der Waals surface area (Å²) in [5.74, 6) is -1.17. The monoisotopic (exact) mass is 518 g/mol. The van der Waals surface area contributed by atoms with Gasteiger partial charge in [0.2, 0.25) is 0 Å². The summed E-state index contributed by atoms with van der Waals surface area (Å²) in [6.45, 7) is 3.46. The second-order valence-electron chi connectivity index (χ2n) is 8.62. The van der Waals surface area contributed by atoms with Crippen LogP contribution in [0.15, 0.2) is 35.1 Å². The number of rotatable bonds is 5. The van der Waals surface area contributed by atoms with Gasteiger partial charge in [0.25, 0.3) is 5.91 Å². The Balaban J connectivity index is 1.57. The predicted octanol–water partition coefficient (Wildman–Crippen LogP) is 5.77. The molecule has 1 aliphatic rings. The van der Waals surface area contributed by atoms with Crippen molar-refractivity contribution in [1.29, 1.82) is 0 Å². The topological polar surface area (TPSA) is 98.7 Å². The molecule has 0 radical (unpaired) electrons. The van der Waals surface area contributed by atoms with Crippen molar-refractivity contribution in [2.75, 3.05) is 5.32 Å². The average molecular weight is 519 g/mol. The van der Waals surface area contributed by atoms with Gasteiger partial charge in [0.15, 0.2) is 17.1 Å². The first kappa shape index (κ1) is 24.0. The van der Waals surface area contributed by atoms with Crippen LogP contribution in [0.4, 0.5) is 18.2 Å². The van der Waals surface area contributed by atoms with Gasteiger partial charge in [-0.1, -0.05) is 0 Å². The second-order valence-corrected chi connectivity index (χ2v) is 9.72. The molecule has 12 heteroatoms. The summed E-state index contributed by atoms with van der Waals surface area (Å²) in [6.07, 6.45) is 0.558. The summed E-state index contributed by atoms with van der Waals surface area (Å²) in [6, 6.07) is 3.81. The van der Waals surface area contributed by atoms with Gasteiger partial charge in [-0.3, -0.25) is 4.79 Å². The molecular weight excluding hydrogens is 497 g/mol. The number of aromatic nitrogens is 3. The molecule has 8 nitrogen and oxygen atoms in total. The SMILES string of the molecule is CC(C)OC(=O)c1c(NC(=O)c2cnn3c(C(F)(F)F)cc(-c4ccco4)nc23)sc2c1CCCC2. The van der Waals surface area contributed by atoms with E-state index >= 15 is 0 Å². The van der Waals surface area contributed by atoms with Gasteiger partial charge in [0.05, 0.1) is 24.1 Å². The highest BCUT2D eigenvalue weighted by Crippen LogP contribution is 2.39. The third-order valence-corrected chi connectivity index (χ3v) is 6.93. The fourth-order valence-corrected chi connectivity index (χ4v) is 5.46. The van der Waals surface area contributed by atoms with Crippen molar-refractivity contribution in [2.24, 2.45) is 0 Å². The van der Waals surface area contributed by atoms with E-state index in [1.807, 2.05) is 0 Å². The zero-order valence-electron chi connectivity index (χ0n) is 19.3. The minimum atomic E-state index is -4.76. The van der Waals surface area contributed by atoms with Crippen molar-refractivity contribution in [1.82, 2.24) is 14.6 Å². The number of anilines is 1. The molecule has 36 heavy (non-hydrogen) atoms. The van der Waals surface area contributed by atoms with Crippen LogP contribution in [0, 0.1) is 0 Å². The molecule has 1 amide bonds. The quantitative estimate of drug-likeness (QED) is 0.337. The van der Waals surface area contributed by atoms with E-state index in [2.05, 4.69) is 15.4 Å². The van der Waals surface area contributed by atoms with Gasteiger partial charge in [-0.2, -0.15) is 18.3 Å². The van der Waals surface area contributed by atoms with E-state index in [1.165, 1.54) is 29.7 Å². The molecule has 0 atom stereocenters. The molecule has 4 heterocycles.